The first-order valence-corrected chi connectivity index (χ1v) is 9.09. The van der Waals surface area contributed by atoms with Crippen LogP contribution in [0.2, 0.25) is 0 Å². The molecule has 2 aromatic carbocycles. The van der Waals surface area contributed by atoms with Gasteiger partial charge in [-0.2, -0.15) is 0 Å². The maximum atomic E-state index is 12.7. The molecule has 4 rings (SSSR count). The summed E-state index contributed by atoms with van der Waals surface area (Å²) < 4.78 is 0. The number of aryl methyl sites for hydroxylation is 2. The first-order chi connectivity index (χ1) is 12.6. The lowest BCUT2D eigenvalue weighted by molar-refractivity contribution is 0.0746. The second kappa shape index (κ2) is 6.79. The highest BCUT2D eigenvalue weighted by Gasteiger charge is 2.23. The summed E-state index contributed by atoms with van der Waals surface area (Å²) in [5.74, 6) is 1.15. The van der Waals surface area contributed by atoms with E-state index in [0.29, 0.717) is 0 Å². The van der Waals surface area contributed by atoms with E-state index in [-0.39, 0.29) is 5.91 Å². The minimum atomic E-state index is 0.118. The number of anilines is 1. The van der Waals surface area contributed by atoms with Crippen molar-refractivity contribution in [1.29, 1.82) is 0 Å². The SMILES string of the molecule is Cc1ccc(C(=O)N2CCN(c3nc4ccccc4cc3C)CC2)cc1. The number of para-hydroxylation sites is 1. The van der Waals surface area contributed by atoms with Crippen molar-refractivity contribution < 1.29 is 4.79 Å². The van der Waals surface area contributed by atoms with Crippen LogP contribution in [0.5, 0.6) is 0 Å². The standard InChI is InChI=1S/C22H23N3O/c1-16-7-9-18(10-8-16)22(26)25-13-11-24(12-14-25)21-17(2)15-19-5-3-4-6-20(19)23-21/h3-10,15H,11-14H2,1-2H3. The Kier molecular flexibility index (Phi) is 4.33. The molecule has 132 valence electrons. The third-order valence-corrected chi connectivity index (χ3v) is 5.05. The second-order valence-corrected chi connectivity index (χ2v) is 6.97. The van der Waals surface area contributed by atoms with E-state index >= 15 is 0 Å². The zero-order valence-corrected chi connectivity index (χ0v) is 15.3. The van der Waals surface area contributed by atoms with Gasteiger partial charge in [-0.25, -0.2) is 4.98 Å². The average Bonchev–Trinajstić information content (AvgIpc) is 2.68. The van der Waals surface area contributed by atoms with Gasteiger partial charge in [0, 0.05) is 37.1 Å². The number of carbonyl (C=O) groups excluding carboxylic acids is 1. The van der Waals surface area contributed by atoms with Gasteiger partial charge in [-0.1, -0.05) is 35.9 Å². The normalized spacial score (nSPS) is 14.7. The van der Waals surface area contributed by atoms with Crippen LogP contribution in [-0.2, 0) is 0 Å². The van der Waals surface area contributed by atoms with E-state index in [1.165, 1.54) is 16.5 Å². The Bertz CT molecular complexity index is 941. The Morgan fingerprint density at radius 1 is 0.923 bits per heavy atom. The lowest BCUT2D eigenvalue weighted by Gasteiger charge is -2.36. The van der Waals surface area contributed by atoms with Crippen molar-refractivity contribution in [3.05, 3.63) is 71.3 Å². The molecule has 3 aromatic rings. The van der Waals surface area contributed by atoms with Crippen molar-refractivity contribution in [2.75, 3.05) is 31.1 Å². The van der Waals surface area contributed by atoms with Crippen LogP contribution in [0.3, 0.4) is 0 Å². The molecule has 1 aliphatic rings. The smallest absolute Gasteiger partial charge is 0.253 e. The fraction of sp³-hybridized carbons (Fsp3) is 0.273. The van der Waals surface area contributed by atoms with Crippen molar-refractivity contribution in [1.82, 2.24) is 9.88 Å². The molecule has 0 aliphatic carbocycles. The van der Waals surface area contributed by atoms with Crippen LogP contribution in [0.25, 0.3) is 10.9 Å². The van der Waals surface area contributed by atoms with Crippen LogP contribution < -0.4 is 4.90 Å². The molecule has 0 N–H and O–H groups in total. The van der Waals surface area contributed by atoms with Gasteiger partial charge in [0.2, 0.25) is 0 Å². The molecule has 1 aromatic heterocycles. The summed E-state index contributed by atoms with van der Waals surface area (Å²) in [5, 5.41) is 1.17. The van der Waals surface area contributed by atoms with Gasteiger partial charge < -0.3 is 9.80 Å². The Morgan fingerprint density at radius 2 is 1.62 bits per heavy atom. The third kappa shape index (κ3) is 3.15. The van der Waals surface area contributed by atoms with E-state index in [1.54, 1.807) is 0 Å². The van der Waals surface area contributed by atoms with Crippen molar-refractivity contribution in [3.8, 4) is 0 Å². The maximum Gasteiger partial charge on any atom is 0.253 e. The van der Waals surface area contributed by atoms with Crippen molar-refractivity contribution in [2.45, 2.75) is 13.8 Å². The number of rotatable bonds is 2. The molecule has 0 saturated carbocycles. The van der Waals surface area contributed by atoms with Crippen LogP contribution in [0, 0.1) is 13.8 Å². The number of aromatic nitrogens is 1. The fourth-order valence-corrected chi connectivity index (χ4v) is 3.53. The first-order valence-electron chi connectivity index (χ1n) is 9.09. The monoisotopic (exact) mass is 345 g/mol. The van der Waals surface area contributed by atoms with Crippen molar-refractivity contribution in [2.24, 2.45) is 0 Å². The molecule has 0 atom stereocenters. The van der Waals surface area contributed by atoms with Gasteiger partial charge in [-0.05, 0) is 43.7 Å². The van der Waals surface area contributed by atoms with Gasteiger partial charge in [-0.15, -0.1) is 0 Å². The summed E-state index contributed by atoms with van der Waals surface area (Å²) in [7, 11) is 0. The van der Waals surface area contributed by atoms with Crippen LogP contribution in [-0.4, -0.2) is 42.0 Å². The number of hydrogen-bond donors (Lipinski definition) is 0. The van der Waals surface area contributed by atoms with Crippen LogP contribution in [0.4, 0.5) is 5.82 Å². The van der Waals surface area contributed by atoms with E-state index in [0.717, 1.165) is 43.1 Å². The van der Waals surface area contributed by atoms with Gasteiger partial charge in [-0.3, -0.25) is 4.79 Å². The Balaban J connectivity index is 1.49. The number of piperazine rings is 1. The van der Waals surface area contributed by atoms with E-state index in [4.69, 9.17) is 4.98 Å². The molecular weight excluding hydrogens is 322 g/mol. The Hall–Kier alpha value is -2.88. The summed E-state index contributed by atoms with van der Waals surface area (Å²) in [5.41, 5.74) is 4.14. The summed E-state index contributed by atoms with van der Waals surface area (Å²) in [6, 6.07) is 18.2. The maximum absolute atomic E-state index is 12.7. The quantitative estimate of drug-likeness (QED) is 0.708. The highest BCUT2D eigenvalue weighted by Crippen LogP contribution is 2.24. The highest BCUT2D eigenvalue weighted by molar-refractivity contribution is 5.94. The number of carbonyl (C=O) groups is 1. The molecule has 4 nitrogen and oxygen atoms in total. The number of pyridine rings is 1. The molecular formula is C22H23N3O. The van der Waals surface area contributed by atoms with E-state index in [2.05, 4.69) is 30.0 Å². The minimum absolute atomic E-state index is 0.118. The van der Waals surface area contributed by atoms with Crippen molar-refractivity contribution >= 4 is 22.6 Å². The van der Waals surface area contributed by atoms with Gasteiger partial charge in [0.15, 0.2) is 0 Å². The van der Waals surface area contributed by atoms with Crippen LogP contribution >= 0.6 is 0 Å². The highest BCUT2D eigenvalue weighted by atomic mass is 16.2. The molecule has 4 heteroatoms. The largest absolute Gasteiger partial charge is 0.353 e. The molecule has 0 unspecified atom stereocenters. The van der Waals surface area contributed by atoms with E-state index in [1.807, 2.05) is 48.2 Å². The third-order valence-electron chi connectivity index (χ3n) is 5.05. The predicted octanol–water partition coefficient (Wildman–Crippen LogP) is 3.81. The van der Waals surface area contributed by atoms with Gasteiger partial charge in [0.05, 0.1) is 5.52 Å². The molecule has 1 amide bonds. The molecule has 1 saturated heterocycles. The van der Waals surface area contributed by atoms with Crippen LogP contribution in [0.1, 0.15) is 21.5 Å². The molecule has 1 aliphatic heterocycles. The Labute approximate surface area is 154 Å². The lowest BCUT2D eigenvalue weighted by atomic mass is 10.1. The van der Waals surface area contributed by atoms with Crippen LogP contribution in [0.15, 0.2) is 54.6 Å². The molecule has 0 spiro atoms. The lowest BCUT2D eigenvalue weighted by Crippen LogP contribution is -2.49. The number of nitrogens with zero attached hydrogens (tertiary/aromatic N) is 3. The Morgan fingerprint density at radius 3 is 2.35 bits per heavy atom. The predicted molar refractivity (Wildman–Crippen MR) is 106 cm³/mol. The van der Waals surface area contributed by atoms with Gasteiger partial charge in [0.1, 0.15) is 5.82 Å². The number of amides is 1. The van der Waals surface area contributed by atoms with E-state index in [9.17, 15) is 4.79 Å². The number of fused-ring (bicyclic) bond motifs is 1. The summed E-state index contributed by atoms with van der Waals surface area (Å²) >= 11 is 0. The average molecular weight is 345 g/mol. The zero-order valence-electron chi connectivity index (χ0n) is 15.3. The van der Waals surface area contributed by atoms with Crippen molar-refractivity contribution in [3.63, 3.8) is 0 Å². The molecule has 0 bridgehead atoms. The summed E-state index contributed by atoms with van der Waals surface area (Å²) in [6.45, 7) is 7.21. The van der Waals surface area contributed by atoms with Gasteiger partial charge >= 0.3 is 0 Å². The molecule has 26 heavy (non-hydrogen) atoms. The minimum Gasteiger partial charge on any atom is -0.353 e. The topological polar surface area (TPSA) is 36.4 Å². The zero-order chi connectivity index (χ0) is 18.1. The molecule has 1 fully saturated rings. The number of hydrogen-bond acceptors (Lipinski definition) is 3. The first kappa shape index (κ1) is 16.6. The fourth-order valence-electron chi connectivity index (χ4n) is 3.53. The summed E-state index contributed by atoms with van der Waals surface area (Å²) in [6.07, 6.45) is 0. The summed E-state index contributed by atoms with van der Waals surface area (Å²) in [4.78, 5) is 21.8. The van der Waals surface area contributed by atoms with E-state index < -0.39 is 0 Å². The molecule has 0 radical (unpaired) electrons. The molecule has 2 heterocycles. The number of benzene rings is 2. The second-order valence-electron chi connectivity index (χ2n) is 6.97. The van der Waals surface area contributed by atoms with Gasteiger partial charge in [0.25, 0.3) is 5.91 Å².